The zero-order valence-corrected chi connectivity index (χ0v) is 11.1. The van der Waals surface area contributed by atoms with Gasteiger partial charge in [0.05, 0.1) is 6.61 Å². The second kappa shape index (κ2) is 5.88. The van der Waals surface area contributed by atoms with E-state index in [1.807, 2.05) is 0 Å². The predicted molar refractivity (Wildman–Crippen MR) is 72.8 cm³/mol. The average molecular weight is 264 g/mol. The summed E-state index contributed by atoms with van der Waals surface area (Å²) in [7, 11) is 0. The predicted octanol–water partition coefficient (Wildman–Crippen LogP) is 1.89. The molecule has 0 bridgehead atoms. The summed E-state index contributed by atoms with van der Waals surface area (Å²) in [4.78, 5) is 2.58. The average Bonchev–Trinajstić information content (AvgIpc) is 2.46. The van der Waals surface area contributed by atoms with Gasteiger partial charge < -0.3 is 10.1 Å². The van der Waals surface area contributed by atoms with E-state index in [4.69, 9.17) is 4.74 Å². The minimum Gasteiger partial charge on any atom is -0.493 e. The molecule has 2 fully saturated rings. The van der Waals surface area contributed by atoms with Crippen molar-refractivity contribution in [2.24, 2.45) is 5.92 Å². The Balaban J connectivity index is 1.49. The summed E-state index contributed by atoms with van der Waals surface area (Å²) in [5.41, 5.74) is 0. The number of hydrogen-bond acceptors (Lipinski definition) is 3. The number of nitrogens with zero attached hydrogens (tertiary/aromatic N) is 1. The highest BCUT2D eigenvalue weighted by Gasteiger charge is 2.29. The van der Waals surface area contributed by atoms with Crippen molar-refractivity contribution >= 4 is 0 Å². The molecule has 0 aliphatic carbocycles. The highest BCUT2D eigenvalue weighted by atomic mass is 19.1. The van der Waals surface area contributed by atoms with Crippen molar-refractivity contribution in [1.29, 1.82) is 0 Å². The zero-order valence-electron chi connectivity index (χ0n) is 11.1. The number of hydrogen-bond donors (Lipinski definition) is 1. The number of benzene rings is 1. The molecule has 4 heteroatoms. The summed E-state index contributed by atoms with van der Waals surface area (Å²) in [6, 6.07) is 7.01. The normalized spacial score (nSPS) is 27.8. The Bertz CT molecular complexity index is 409. The van der Waals surface area contributed by atoms with E-state index in [0.29, 0.717) is 5.92 Å². The van der Waals surface area contributed by atoms with Crippen LogP contribution in [0.5, 0.6) is 5.75 Å². The van der Waals surface area contributed by atoms with Crippen molar-refractivity contribution in [3.63, 3.8) is 0 Å². The minimum absolute atomic E-state index is 0.214. The number of ether oxygens (including phenoxy) is 1. The van der Waals surface area contributed by atoms with Crippen LogP contribution in [-0.2, 0) is 0 Å². The van der Waals surface area contributed by atoms with Crippen LogP contribution in [0.4, 0.5) is 4.39 Å². The first kappa shape index (κ1) is 12.9. The standard InChI is InChI=1S/C15H21FN2O/c16-13-2-5-15(6-3-13)19-11-12-1-4-14-9-17-7-8-18(14)10-12/h2-3,5-6,12,14,17H,1,4,7-11H2/t12-,14?/m1/s1. The fourth-order valence-corrected chi connectivity index (χ4v) is 3.06. The van der Waals surface area contributed by atoms with E-state index < -0.39 is 0 Å². The molecule has 3 rings (SSSR count). The van der Waals surface area contributed by atoms with Crippen molar-refractivity contribution in [3.8, 4) is 5.75 Å². The van der Waals surface area contributed by atoms with Gasteiger partial charge in [0, 0.05) is 38.1 Å². The van der Waals surface area contributed by atoms with E-state index in [1.165, 1.54) is 25.0 Å². The molecule has 2 saturated heterocycles. The number of piperidine rings is 1. The van der Waals surface area contributed by atoms with Crippen molar-refractivity contribution in [2.45, 2.75) is 18.9 Å². The lowest BCUT2D eigenvalue weighted by atomic mass is 9.92. The third-order valence-electron chi connectivity index (χ3n) is 4.17. The summed E-state index contributed by atoms with van der Waals surface area (Å²) in [6.07, 6.45) is 2.48. The Morgan fingerprint density at radius 1 is 1.26 bits per heavy atom. The molecule has 19 heavy (non-hydrogen) atoms. The zero-order chi connectivity index (χ0) is 13.1. The van der Waals surface area contributed by atoms with Crippen LogP contribution in [0.25, 0.3) is 0 Å². The van der Waals surface area contributed by atoms with Crippen LogP contribution in [0.1, 0.15) is 12.8 Å². The van der Waals surface area contributed by atoms with Crippen LogP contribution in [-0.4, -0.2) is 43.7 Å². The summed E-state index contributed by atoms with van der Waals surface area (Å²) in [5.74, 6) is 1.15. The fourth-order valence-electron chi connectivity index (χ4n) is 3.06. The van der Waals surface area contributed by atoms with E-state index in [0.717, 1.165) is 44.6 Å². The maximum Gasteiger partial charge on any atom is 0.123 e. The molecule has 1 N–H and O–H groups in total. The number of piperazine rings is 1. The Kier molecular flexibility index (Phi) is 3.99. The molecule has 0 spiro atoms. The summed E-state index contributed by atoms with van der Waals surface area (Å²) < 4.78 is 18.6. The monoisotopic (exact) mass is 264 g/mol. The van der Waals surface area contributed by atoms with Crippen LogP contribution in [0.15, 0.2) is 24.3 Å². The fraction of sp³-hybridized carbons (Fsp3) is 0.600. The van der Waals surface area contributed by atoms with Crippen molar-refractivity contribution < 1.29 is 9.13 Å². The van der Waals surface area contributed by atoms with Gasteiger partial charge in [-0.15, -0.1) is 0 Å². The molecule has 1 aromatic carbocycles. The third kappa shape index (κ3) is 3.25. The van der Waals surface area contributed by atoms with Gasteiger partial charge >= 0.3 is 0 Å². The number of fused-ring (bicyclic) bond motifs is 1. The molecule has 0 saturated carbocycles. The smallest absolute Gasteiger partial charge is 0.123 e. The van der Waals surface area contributed by atoms with Crippen molar-refractivity contribution in [2.75, 3.05) is 32.8 Å². The first-order valence-electron chi connectivity index (χ1n) is 7.14. The van der Waals surface area contributed by atoms with E-state index in [2.05, 4.69) is 10.2 Å². The molecule has 0 radical (unpaired) electrons. The van der Waals surface area contributed by atoms with Gasteiger partial charge in [-0.1, -0.05) is 0 Å². The summed E-state index contributed by atoms with van der Waals surface area (Å²) in [5, 5.41) is 3.45. The summed E-state index contributed by atoms with van der Waals surface area (Å²) >= 11 is 0. The first-order chi connectivity index (χ1) is 9.31. The Labute approximate surface area is 113 Å². The van der Waals surface area contributed by atoms with Gasteiger partial charge in [0.2, 0.25) is 0 Å². The first-order valence-corrected chi connectivity index (χ1v) is 7.14. The molecule has 0 aromatic heterocycles. The molecule has 3 nitrogen and oxygen atoms in total. The van der Waals surface area contributed by atoms with Gasteiger partial charge in [-0.05, 0) is 37.1 Å². The van der Waals surface area contributed by atoms with E-state index in [9.17, 15) is 4.39 Å². The van der Waals surface area contributed by atoms with Gasteiger partial charge in [0.15, 0.2) is 0 Å². The van der Waals surface area contributed by atoms with Crippen LogP contribution >= 0.6 is 0 Å². The van der Waals surface area contributed by atoms with Gasteiger partial charge in [0.1, 0.15) is 11.6 Å². The molecule has 2 heterocycles. The molecular formula is C15H21FN2O. The molecule has 0 amide bonds. The molecule has 2 aliphatic heterocycles. The molecule has 1 aromatic rings. The van der Waals surface area contributed by atoms with Crippen LogP contribution < -0.4 is 10.1 Å². The maximum absolute atomic E-state index is 12.8. The van der Waals surface area contributed by atoms with E-state index >= 15 is 0 Å². The van der Waals surface area contributed by atoms with Crippen molar-refractivity contribution in [3.05, 3.63) is 30.1 Å². The minimum atomic E-state index is -0.214. The summed E-state index contributed by atoms with van der Waals surface area (Å²) in [6.45, 7) is 5.25. The van der Waals surface area contributed by atoms with Gasteiger partial charge in [-0.25, -0.2) is 4.39 Å². The van der Waals surface area contributed by atoms with Crippen LogP contribution in [0.2, 0.25) is 0 Å². The van der Waals surface area contributed by atoms with Crippen LogP contribution in [0, 0.1) is 11.7 Å². The van der Waals surface area contributed by atoms with Gasteiger partial charge in [0.25, 0.3) is 0 Å². The second-order valence-electron chi connectivity index (χ2n) is 5.56. The largest absolute Gasteiger partial charge is 0.493 e. The quantitative estimate of drug-likeness (QED) is 0.902. The Hall–Kier alpha value is -1.13. The lowest BCUT2D eigenvalue weighted by Crippen LogP contribution is -2.55. The Morgan fingerprint density at radius 3 is 2.95 bits per heavy atom. The molecular weight excluding hydrogens is 243 g/mol. The highest BCUT2D eigenvalue weighted by molar-refractivity contribution is 5.22. The number of halogens is 1. The molecule has 104 valence electrons. The number of nitrogens with one attached hydrogen (secondary N) is 1. The lowest BCUT2D eigenvalue weighted by Gasteiger charge is -2.42. The van der Waals surface area contributed by atoms with Gasteiger partial charge in [-0.2, -0.15) is 0 Å². The maximum atomic E-state index is 12.8. The molecule has 1 unspecified atom stereocenters. The number of rotatable bonds is 3. The molecule has 2 aliphatic rings. The van der Waals surface area contributed by atoms with Gasteiger partial charge in [-0.3, -0.25) is 4.90 Å². The Morgan fingerprint density at radius 2 is 2.11 bits per heavy atom. The van der Waals surface area contributed by atoms with E-state index in [1.54, 1.807) is 12.1 Å². The van der Waals surface area contributed by atoms with Crippen molar-refractivity contribution in [1.82, 2.24) is 10.2 Å². The third-order valence-corrected chi connectivity index (χ3v) is 4.17. The molecule has 2 atom stereocenters. The van der Waals surface area contributed by atoms with Crippen LogP contribution in [0.3, 0.4) is 0 Å². The highest BCUT2D eigenvalue weighted by Crippen LogP contribution is 2.24. The topological polar surface area (TPSA) is 24.5 Å². The lowest BCUT2D eigenvalue weighted by molar-refractivity contribution is 0.0650. The second-order valence-corrected chi connectivity index (χ2v) is 5.56. The SMILES string of the molecule is Fc1ccc(OC[C@@H]2CCC3CNCCN3C2)cc1. The van der Waals surface area contributed by atoms with E-state index in [-0.39, 0.29) is 5.82 Å².